The van der Waals surface area contributed by atoms with Crippen LogP contribution in [0.4, 0.5) is 0 Å². The fraction of sp³-hybridized carbons (Fsp3) is 0.600. The molecule has 3 rings (SSSR count). The topological polar surface area (TPSA) is 47.7 Å². The molecule has 0 aromatic heterocycles. The van der Waals surface area contributed by atoms with Crippen molar-refractivity contribution in [1.29, 1.82) is 0 Å². The molecule has 0 amide bonds. The normalized spacial score (nSPS) is 27.3. The van der Waals surface area contributed by atoms with Gasteiger partial charge in [-0.2, -0.15) is 0 Å². The number of fused-ring (bicyclic) bond motifs is 1. The van der Waals surface area contributed by atoms with Crippen LogP contribution in [0.25, 0.3) is 0 Å². The third-order valence-corrected chi connectivity index (χ3v) is 4.27. The van der Waals surface area contributed by atoms with Gasteiger partial charge in [0, 0.05) is 25.7 Å². The summed E-state index contributed by atoms with van der Waals surface area (Å²) in [5, 5.41) is 0. The van der Waals surface area contributed by atoms with Crippen LogP contribution in [0, 0.1) is 0 Å². The maximum Gasteiger partial charge on any atom is 0.119 e. The molecular formula is C15H22N2O2. The van der Waals surface area contributed by atoms with Gasteiger partial charge in [-0.05, 0) is 36.1 Å². The zero-order chi connectivity index (χ0) is 13.2. The molecule has 1 aromatic rings. The summed E-state index contributed by atoms with van der Waals surface area (Å²) in [6.07, 6.45) is 2.54. The van der Waals surface area contributed by atoms with E-state index in [4.69, 9.17) is 15.2 Å². The number of aryl methyl sites for hydroxylation is 1. The maximum atomic E-state index is 5.73. The van der Waals surface area contributed by atoms with Crippen molar-refractivity contribution in [2.24, 2.45) is 5.73 Å². The minimum absolute atomic E-state index is 0.184. The van der Waals surface area contributed by atoms with Crippen molar-refractivity contribution in [3.05, 3.63) is 29.3 Å². The van der Waals surface area contributed by atoms with E-state index < -0.39 is 0 Å². The molecule has 2 N–H and O–H groups in total. The van der Waals surface area contributed by atoms with Gasteiger partial charge in [0.25, 0.3) is 0 Å². The smallest absolute Gasteiger partial charge is 0.119 e. The second-order valence-electron chi connectivity index (χ2n) is 5.34. The predicted octanol–water partition coefficient (Wildman–Crippen LogP) is 1.34. The fourth-order valence-electron chi connectivity index (χ4n) is 3.23. The Balaban J connectivity index is 1.81. The highest BCUT2D eigenvalue weighted by Crippen LogP contribution is 2.38. The first-order valence-electron chi connectivity index (χ1n) is 7.04. The summed E-state index contributed by atoms with van der Waals surface area (Å²) >= 11 is 0. The number of ether oxygens (including phenoxy) is 2. The molecule has 4 heteroatoms. The highest BCUT2D eigenvalue weighted by Gasteiger charge is 2.31. The van der Waals surface area contributed by atoms with E-state index in [0.29, 0.717) is 12.6 Å². The Bertz CT molecular complexity index is 450. The van der Waals surface area contributed by atoms with E-state index >= 15 is 0 Å². The van der Waals surface area contributed by atoms with Crippen molar-refractivity contribution >= 4 is 0 Å². The first kappa shape index (κ1) is 12.9. The third kappa shape index (κ3) is 2.48. The number of rotatable bonds is 3. The van der Waals surface area contributed by atoms with Gasteiger partial charge >= 0.3 is 0 Å². The molecule has 1 heterocycles. The molecule has 1 aliphatic heterocycles. The molecule has 19 heavy (non-hydrogen) atoms. The van der Waals surface area contributed by atoms with Crippen LogP contribution in [-0.2, 0) is 11.2 Å². The lowest BCUT2D eigenvalue weighted by Gasteiger charge is -2.36. The van der Waals surface area contributed by atoms with Crippen LogP contribution in [0.5, 0.6) is 5.75 Å². The summed E-state index contributed by atoms with van der Waals surface area (Å²) in [5.74, 6) is 0.953. The molecule has 0 bridgehead atoms. The van der Waals surface area contributed by atoms with Crippen molar-refractivity contribution < 1.29 is 9.47 Å². The summed E-state index contributed by atoms with van der Waals surface area (Å²) in [6.45, 7) is 3.33. The summed E-state index contributed by atoms with van der Waals surface area (Å²) < 4.78 is 11.0. The zero-order valence-corrected chi connectivity index (χ0v) is 11.5. The van der Waals surface area contributed by atoms with Crippen LogP contribution in [0.1, 0.15) is 23.6 Å². The molecule has 104 valence electrons. The SMILES string of the molecule is COc1ccc2c(c1)C(N1CCOC(CN)C1)CC2. The molecular weight excluding hydrogens is 240 g/mol. The minimum Gasteiger partial charge on any atom is -0.497 e. The second kappa shape index (κ2) is 5.49. The Kier molecular flexibility index (Phi) is 3.73. The number of nitrogens with zero attached hydrogens (tertiary/aromatic N) is 1. The molecule has 1 aromatic carbocycles. The Labute approximate surface area is 114 Å². The molecule has 0 saturated carbocycles. The van der Waals surface area contributed by atoms with Gasteiger partial charge in [0.05, 0.1) is 19.8 Å². The van der Waals surface area contributed by atoms with Crippen molar-refractivity contribution in [3.63, 3.8) is 0 Å². The number of nitrogens with two attached hydrogens (primary N) is 1. The standard InChI is InChI=1S/C15H22N2O2/c1-18-12-4-2-11-3-5-15(14(11)8-12)17-6-7-19-13(9-16)10-17/h2,4,8,13,15H,3,5-7,9-10,16H2,1H3. The van der Waals surface area contributed by atoms with Crippen molar-refractivity contribution in [2.75, 3.05) is 33.4 Å². The molecule has 1 saturated heterocycles. The quantitative estimate of drug-likeness (QED) is 0.893. The van der Waals surface area contributed by atoms with Crippen LogP contribution < -0.4 is 10.5 Å². The van der Waals surface area contributed by atoms with Gasteiger partial charge in [-0.3, -0.25) is 4.90 Å². The first-order chi connectivity index (χ1) is 9.31. The lowest BCUT2D eigenvalue weighted by atomic mass is 10.1. The fourth-order valence-corrected chi connectivity index (χ4v) is 3.23. The third-order valence-electron chi connectivity index (χ3n) is 4.27. The van der Waals surface area contributed by atoms with Crippen molar-refractivity contribution in [1.82, 2.24) is 4.90 Å². The summed E-state index contributed by atoms with van der Waals surface area (Å²) in [4.78, 5) is 2.52. The van der Waals surface area contributed by atoms with Gasteiger partial charge in [-0.1, -0.05) is 6.07 Å². The van der Waals surface area contributed by atoms with Crippen LogP contribution in [0.15, 0.2) is 18.2 Å². The Morgan fingerprint density at radius 3 is 3.16 bits per heavy atom. The van der Waals surface area contributed by atoms with E-state index in [9.17, 15) is 0 Å². The van der Waals surface area contributed by atoms with Crippen LogP contribution in [0.3, 0.4) is 0 Å². The Morgan fingerprint density at radius 2 is 2.37 bits per heavy atom. The minimum atomic E-state index is 0.184. The number of hydrogen-bond donors (Lipinski definition) is 1. The Morgan fingerprint density at radius 1 is 1.47 bits per heavy atom. The van der Waals surface area contributed by atoms with Gasteiger partial charge in [0.2, 0.25) is 0 Å². The molecule has 1 fully saturated rings. The van der Waals surface area contributed by atoms with Gasteiger partial charge in [-0.15, -0.1) is 0 Å². The van der Waals surface area contributed by atoms with E-state index in [1.807, 2.05) is 0 Å². The number of hydrogen-bond acceptors (Lipinski definition) is 4. The lowest BCUT2D eigenvalue weighted by Crippen LogP contribution is -2.46. The van der Waals surface area contributed by atoms with Gasteiger partial charge in [0.15, 0.2) is 0 Å². The first-order valence-corrected chi connectivity index (χ1v) is 7.04. The number of morpholine rings is 1. The maximum absolute atomic E-state index is 5.73. The monoisotopic (exact) mass is 262 g/mol. The molecule has 2 atom stereocenters. The summed E-state index contributed by atoms with van der Waals surface area (Å²) in [5.41, 5.74) is 8.62. The second-order valence-corrected chi connectivity index (χ2v) is 5.34. The van der Waals surface area contributed by atoms with Crippen molar-refractivity contribution in [2.45, 2.75) is 25.0 Å². The van der Waals surface area contributed by atoms with Gasteiger partial charge in [-0.25, -0.2) is 0 Å². The Hall–Kier alpha value is -1.10. The predicted molar refractivity (Wildman–Crippen MR) is 74.4 cm³/mol. The number of benzene rings is 1. The van der Waals surface area contributed by atoms with Crippen molar-refractivity contribution in [3.8, 4) is 5.75 Å². The average Bonchev–Trinajstić information content (AvgIpc) is 2.90. The lowest BCUT2D eigenvalue weighted by molar-refractivity contribution is -0.0387. The highest BCUT2D eigenvalue weighted by molar-refractivity contribution is 5.40. The highest BCUT2D eigenvalue weighted by atomic mass is 16.5. The van der Waals surface area contributed by atoms with E-state index in [1.165, 1.54) is 17.5 Å². The molecule has 0 spiro atoms. The van der Waals surface area contributed by atoms with Gasteiger partial charge < -0.3 is 15.2 Å². The van der Waals surface area contributed by atoms with Crippen LogP contribution >= 0.6 is 0 Å². The van der Waals surface area contributed by atoms with Gasteiger partial charge in [0.1, 0.15) is 5.75 Å². The zero-order valence-electron chi connectivity index (χ0n) is 11.5. The van der Waals surface area contributed by atoms with Crippen LogP contribution in [-0.4, -0.2) is 44.4 Å². The summed E-state index contributed by atoms with van der Waals surface area (Å²) in [6, 6.07) is 6.96. The molecule has 1 aliphatic carbocycles. The van der Waals surface area contributed by atoms with E-state index in [-0.39, 0.29) is 6.10 Å². The summed E-state index contributed by atoms with van der Waals surface area (Å²) in [7, 11) is 1.73. The van der Waals surface area contributed by atoms with E-state index in [2.05, 4.69) is 23.1 Å². The number of methoxy groups -OCH3 is 1. The molecule has 4 nitrogen and oxygen atoms in total. The van der Waals surface area contributed by atoms with E-state index in [1.54, 1.807) is 7.11 Å². The van der Waals surface area contributed by atoms with Crippen LogP contribution in [0.2, 0.25) is 0 Å². The average molecular weight is 262 g/mol. The van der Waals surface area contributed by atoms with E-state index in [0.717, 1.165) is 31.9 Å². The largest absolute Gasteiger partial charge is 0.497 e. The molecule has 0 radical (unpaired) electrons. The molecule has 2 unspecified atom stereocenters. The molecule has 2 aliphatic rings.